The zero-order chi connectivity index (χ0) is 102. The summed E-state index contributed by atoms with van der Waals surface area (Å²) < 4.78 is 227. The van der Waals surface area contributed by atoms with Gasteiger partial charge in [0.25, 0.3) is 0 Å². The van der Waals surface area contributed by atoms with Gasteiger partial charge in [0.15, 0.2) is 23.1 Å². The molecule has 0 heterocycles. The topological polar surface area (TPSA) is 335 Å². The molecule has 7 fully saturated rings. The number of alkyl carbamates (subject to hydrolysis) is 2. The van der Waals surface area contributed by atoms with Crippen LogP contribution in [0.25, 0.3) is 0 Å². The highest BCUT2D eigenvalue weighted by molar-refractivity contribution is 9.10. The van der Waals surface area contributed by atoms with Crippen LogP contribution in [0.1, 0.15) is 259 Å². The van der Waals surface area contributed by atoms with Gasteiger partial charge in [0.2, 0.25) is 5.78 Å². The number of carbonyl (C=O) groups is 8. The summed E-state index contributed by atoms with van der Waals surface area (Å²) in [4.78, 5) is 107. The largest absolute Gasteiger partial charge is 0.444 e. The van der Waals surface area contributed by atoms with E-state index in [1.165, 1.54) is 78.9 Å². The average Bonchev–Trinajstić information content (AvgIpc) is 0.767. The lowest BCUT2D eigenvalue weighted by Crippen LogP contribution is -2.58. The summed E-state index contributed by atoms with van der Waals surface area (Å²) in [5, 5.41) is 45.1. The first-order valence-electron chi connectivity index (χ1n) is 44.6. The number of Topliss-reactive ketones (excluding diaryl/α,β-unsaturated/α-hetero) is 6. The van der Waals surface area contributed by atoms with Gasteiger partial charge in [-0.05, 0) is 264 Å². The highest BCUT2D eigenvalue weighted by Crippen LogP contribution is 2.45. The minimum atomic E-state index is -2.26. The Morgan fingerprint density at radius 2 is 0.693 bits per heavy atom. The van der Waals surface area contributed by atoms with E-state index in [1.807, 2.05) is 0 Å². The predicted molar refractivity (Wildman–Crippen MR) is 475 cm³/mol. The number of nitrogens with zero attached hydrogens (tertiary/aromatic N) is 1. The van der Waals surface area contributed by atoms with Crippen LogP contribution in [-0.2, 0) is 65.9 Å². The van der Waals surface area contributed by atoms with Crippen LogP contribution in [-0.4, -0.2) is 96.6 Å². The maximum absolute atomic E-state index is 14.3. The van der Waals surface area contributed by atoms with E-state index in [1.54, 1.807) is 41.5 Å². The number of rotatable bonds is 10. The number of ether oxygens (including phenoxy) is 2. The number of nitrogens with two attached hydrogens (primary N) is 2. The molecule has 15 rings (SSSR count). The van der Waals surface area contributed by atoms with Crippen molar-refractivity contribution >= 4 is 62.8 Å². The van der Waals surface area contributed by atoms with Gasteiger partial charge in [-0.3, -0.25) is 38.9 Å². The quantitative estimate of drug-likeness (QED) is 0.0289. The summed E-state index contributed by atoms with van der Waals surface area (Å²) >= 11 is 2.73. The summed E-state index contributed by atoms with van der Waals surface area (Å²) in [6.07, 6.45) is 6.44. The fourth-order valence-corrected chi connectivity index (χ4v) is 18.0. The van der Waals surface area contributed by atoms with Gasteiger partial charge < -0.3 is 46.9 Å². The maximum Gasteiger partial charge on any atom is 0.408 e. The van der Waals surface area contributed by atoms with Crippen LogP contribution in [0.3, 0.4) is 0 Å². The minimum absolute atomic E-state index is 0.0191. The number of hydrogen-bond donors (Lipinski definition) is 7. The smallest absolute Gasteiger partial charge is 0.408 e. The van der Waals surface area contributed by atoms with E-state index in [-0.39, 0.29) is 90.0 Å². The van der Waals surface area contributed by atoms with Crippen LogP contribution >= 0.6 is 15.9 Å². The summed E-state index contributed by atoms with van der Waals surface area (Å²) in [6.45, 7) is 9.89. The Hall–Kier alpha value is -11.1. The minimum Gasteiger partial charge on any atom is -0.444 e. The van der Waals surface area contributed by atoms with Gasteiger partial charge >= 0.3 is 17.7 Å². The molecule has 7 saturated carbocycles. The number of ketones is 6. The molecule has 2 amide bonds. The molecule has 7 aliphatic rings. The van der Waals surface area contributed by atoms with E-state index in [0.29, 0.717) is 77.0 Å². The first-order chi connectivity index (χ1) is 64.4. The number of carbonyl (C=O) groups excluding carboxylic acids is 8. The Balaban J connectivity index is 0.000000194. The van der Waals surface area contributed by atoms with Crippen molar-refractivity contribution in [1.29, 1.82) is 0 Å². The number of nitro groups is 1. The monoisotopic (exact) mass is 2000 g/mol. The number of aliphatic hydroxyl groups is 3. The SMILES string of the molecule is CC(C)(C)OC(=O)NC1(c2c(F)cccc2F)CCCC(O)C1=O.CC(C)(C)OC(=O)NC1(c2c(F)cccc2F)CCCCC1=O.Fc1cccc(F)c1Br.NC1(c2c(F)cccc2F)CCCC(O)C1=O.NC1(c2c(F)cccc2F)CCCCC1=O.O=C1CCCCC1(c1c(F)cccc1F)[N+](=O)[O-].O=C1CCCCC1c1c(F)cccc1F.OC1CCCCC1c1c(F)cccc1F. The van der Waals surface area contributed by atoms with Crippen LogP contribution < -0.4 is 22.1 Å². The predicted octanol–water partition coefficient (Wildman–Crippen LogP) is 21.6. The molecule has 0 aromatic heterocycles. The zero-order valence-corrected chi connectivity index (χ0v) is 77.5. The van der Waals surface area contributed by atoms with E-state index < -0.39 is 219 Å². The Kier molecular flexibility index (Phi) is 39.3. The highest BCUT2D eigenvalue weighted by Gasteiger charge is 2.57. The van der Waals surface area contributed by atoms with Crippen LogP contribution in [0, 0.1) is 103 Å². The lowest BCUT2D eigenvalue weighted by molar-refractivity contribution is -0.564. The fraction of sp³-hybridized carbons (Fsp3) is 0.440. The highest BCUT2D eigenvalue weighted by atomic mass is 79.9. The number of nitrogens with one attached hydrogen (secondary N) is 2. The van der Waals surface area contributed by atoms with Crippen molar-refractivity contribution in [1.82, 2.24) is 10.6 Å². The van der Waals surface area contributed by atoms with Crippen molar-refractivity contribution in [2.75, 3.05) is 0 Å². The first kappa shape index (κ1) is 111. The molecule has 0 radical (unpaired) electrons. The van der Waals surface area contributed by atoms with Crippen molar-refractivity contribution in [2.45, 2.75) is 278 Å². The Morgan fingerprint density at radius 3 is 1.09 bits per heavy atom. The van der Waals surface area contributed by atoms with Gasteiger partial charge in [-0.15, -0.1) is 0 Å². The second-order valence-electron chi connectivity index (χ2n) is 36.1. The molecule has 8 aromatic carbocycles. The van der Waals surface area contributed by atoms with E-state index in [4.69, 9.17) is 20.9 Å². The molecule has 7 aliphatic carbocycles. The molecule has 20 nitrogen and oxygen atoms in total. The van der Waals surface area contributed by atoms with E-state index in [9.17, 15) is 134 Å². The first-order valence-corrected chi connectivity index (χ1v) is 45.3. The summed E-state index contributed by atoms with van der Waals surface area (Å²) in [6, 6.07) is 27.7. The van der Waals surface area contributed by atoms with E-state index >= 15 is 0 Å². The Morgan fingerprint density at radius 1 is 0.372 bits per heavy atom. The van der Waals surface area contributed by atoms with E-state index in [2.05, 4.69) is 26.6 Å². The fourth-order valence-electron chi connectivity index (χ4n) is 17.7. The van der Waals surface area contributed by atoms with Crippen LogP contribution in [0.15, 0.2) is 150 Å². The van der Waals surface area contributed by atoms with Crippen molar-refractivity contribution in [2.24, 2.45) is 11.5 Å². The third kappa shape index (κ3) is 27.3. The second-order valence-corrected chi connectivity index (χ2v) is 36.9. The molecular weight excluding hydrogens is 1890 g/mol. The van der Waals surface area contributed by atoms with Crippen molar-refractivity contribution in [3.8, 4) is 0 Å². The molecule has 9 N–H and O–H groups in total. The lowest BCUT2D eigenvalue weighted by atomic mass is 9.74. The van der Waals surface area contributed by atoms with Gasteiger partial charge in [-0.2, -0.15) is 0 Å². The van der Waals surface area contributed by atoms with Crippen molar-refractivity contribution < 1.29 is 138 Å². The lowest BCUT2D eigenvalue weighted by Gasteiger charge is -2.39. The van der Waals surface area contributed by atoms with Crippen LogP contribution in [0.2, 0.25) is 0 Å². The summed E-state index contributed by atoms with van der Waals surface area (Å²) in [5.74, 6) is -16.3. The van der Waals surface area contributed by atoms with Gasteiger partial charge in [0.1, 0.15) is 150 Å². The molecule has 0 bridgehead atoms. The molecule has 37 heteroatoms. The van der Waals surface area contributed by atoms with Gasteiger partial charge in [0.05, 0.1) is 32.8 Å². The Labute approximate surface area is 789 Å². The standard InChI is InChI=1S/C17H21F2NO4.C17H21F2NO3.C12H11F2NO3.C12H13F2NO2.C12H13F2NO.C12H14F2O.C12H12F2O.C6H3BrF2/c1-16(2,3)24-15(23)20-17(9-5-8-12(21)14(17)22)13-10(18)6-4-7-11(13)19;1-16(2,3)23-15(22)20-17(10-5-4-9-13(17)21)14-11(18)7-6-8-12(14)19;13-8-4-3-5-9(14)11(8)12(15(17)18)7-2-1-6-10(12)16;13-7-3-1-4-8(14)10(7)12(15)6-2-5-9(16)11(12)17;13-8-4-3-5-9(14)11(8)12(15)7-2-1-6-10(12)16;2*13-9-5-3-6-10(14)12(9)8-4-1-2-7-11(8)15;7-6-4(8)2-1-3-5(6)9/h4,6-7,12,21H,5,8-9H2,1-3H3,(H,20,23);6-8H,4-5,9-10H2,1-3H3,(H,20,22);3-5H,1-2,6-7H2;1,3-4,9,16H,2,5-6,15H2;3-5H,1-2,6-7,15H2;3,5-6,8,11,15H,1-2,4,7H2;3,5-6,8H,1-2,4,7H2;1-3H. The van der Waals surface area contributed by atoms with Crippen LogP contribution in [0.5, 0.6) is 0 Å². The van der Waals surface area contributed by atoms with Crippen molar-refractivity contribution in [3.05, 3.63) is 292 Å². The third-order valence-electron chi connectivity index (χ3n) is 24.2. The number of halogens is 17. The zero-order valence-electron chi connectivity index (χ0n) is 75.9. The number of aliphatic hydroxyl groups excluding tert-OH is 3. The van der Waals surface area contributed by atoms with Crippen molar-refractivity contribution in [3.63, 3.8) is 0 Å². The van der Waals surface area contributed by atoms with Gasteiger partial charge in [-0.1, -0.05) is 74.2 Å². The molecule has 10 atom stereocenters. The van der Waals surface area contributed by atoms with E-state index in [0.717, 1.165) is 105 Å². The molecule has 137 heavy (non-hydrogen) atoms. The molecule has 8 aromatic rings. The molecule has 10 unspecified atom stereocenters. The average molecular weight is 2000 g/mol. The van der Waals surface area contributed by atoms with Crippen LogP contribution in [0.4, 0.5) is 79.8 Å². The molecule has 0 aliphatic heterocycles. The van der Waals surface area contributed by atoms with Gasteiger partial charge in [0, 0.05) is 60.0 Å². The molecular formula is C100H108BrF16N5O15. The maximum atomic E-state index is 14.3. The number of amides is 2. The molecule has 0 saturated heterocycles. The normalized spacial score (nSPS) is 23.7. The third-order valence-corrected chi connectivity index (χ3v) is 25.0. The Bertz CT molecular complexity index is 5510. The molecule has 742 valence electrons. The number of hydrogen-bond acceptors (Lipinski definition) is 17. The van der Waals surface area contributed by atoms with Gasteiger partial charge in [-0.25, -0.2) is 79.8 Å². The second kappa shape index (κ2) is 48.5. The summed E-state index contributed by atoms with van der Waals surface area (Å²) in [7, 11) is 0. The number of benzene rings is 8. The summed E-state index contributed by atoms with van der Waals surface area (Å²) in [5.41, 5.74) is -1.50. The molecule has 0 spiro atoms.